The fourth-order valence-electron chi connectivity index (χ4n) is 3.26. The molecule has 1 aromatic heterocycles. The fourth-order valence-corrected chi connectivity index (χ4v) is 3.26. The van der Waals surface area contributed by atoms with Crippen molar-refractivity contribution in [3.8, 4) is 11.5 Å². The van der Waals surface area contributed by atoms with Gasteiger partial charge in [-0.2, -0.15) is 0 Å². The Morgan fingerprint density at radius 1 is 1.25 bits per heavy atom. The van der Waals surface area contributed by atoms with Gasteiger partial charge < -0.3 is 24.1 Å². The predicted octanol–water partition coefficient (Wildman–Crippen LogP) is 3.24. The van der Waals surface area contributed by atoms with Crippen LogP contribution in [0.25, 0.3) is 17.0 Å². The van der Waals surface area contributed by atoms with Gasteiger partial charge in [-0.3, -0.25) is 0 Å². The topological polar surface area (TPSA) is 89.1 Å². The number of aliphatic hydroxyl groups is 1. The number of hydrogen-bond donors (Lipinski definition) is 2. The molecular formula is C22H20O6. The monoisotopic (exact) mass is 380 g/mol. The number of fused-ring (bicyclic) bond motifs is 2. The van der Waals surface area contributed by atoms with Crippen molar-refractivity contribution in [2.24, 2.45) is 0 Å². The van der Waals surface area contributed by atoms with E-state index in [1.807, 2.05) is 12.1 Å². The summed E-state index contributed by atoms with van der Waals surface area (Å²) >= 11 is 0. The molecule has 0 fully saturated rings. The first kappa shape index (κ1) is 18.3. The van der Waals surface area contributed by atoms with E-state index in [2.05, 4.69) is 0 Å². The summed E-state index contributed by atoms with van der Waals surface area (Å²) in [6, 6.07) is 13.6. The number of phenols is 1. The Morgan fingerprint density at radius 3 is 2.89 bits per heavy atom. The highest BCUT2D eigenvalue weighted by Crippen LogP contribution is 2.36. The number of para-hydroxylation sites is 1. The van der Waals surface area contributed by atoms with E-state index >= 15 is 0 Å². The van der Waals surface area contributed by atoms with Gasteiger partial charge >= 0.3 is 5.63 Å². The third-order valence-corrected chi connectivity index (χ3v) is 4.75. The molecule has 2 N–H and O–H groups in total. The summed E-state index contributed by atoms with van der Waals surface area (Å²) in [6.07, 6.45) is 3.40. The SMILES string of the molecule is CC1(O)Oc2cc3oc(=O)ccc3cc2C[C@@H]1OC/C=C/c1ccccc1O. The Kier molecular flexibility index (Phi) is 4.66. The Hall–Kier alpha value is -3.09. The molecule has 3 aromatic rings. The zero-order valence-electron chi connectivity index (χ0n) is 15.3. The first-order valence-electron chi connectivity index (χ1n) is 8.97. The summed E-state index contributed by atoms with van der Waals surface area (Å²) in [5.41, 5.74) is 1.53. The van der Waals surface area contributed by atoms with Gasteiger partial charge in [0, 0.05) is 36.4 Å². The van der Waals surface area contributed by atoms with Gasteiger partial charge in [-0.25, -0.2) is 4.79 Å². The van der Waals surface area contributed by atoms with E-state index in [0.717, 1.165) is 10.9 Å². The molecule has 28 heavy (non-hydrogen) atoms. The molecule has 0 amide bonds. The zero-order valence-corrected chi connectivity index (χ0v) is 15.3. The van der Waals surface area contributed by atoms with Crippen molar-refractivity contribution >= 4 is 17.0 Å². The van der Waals surface area contributed by atoms with E-state index in [-0.39, 0.29) is 12.4 Å². The second-order valence-electron chi connectivity index (χ2n) is 6.90. The number of hydrogen-bond acceptors (Lipinski definition) is 6. The van der Waals surface area contributed by atoms with E-state index in [1.165, 1.54) is 6.07 Å². The molecule has 1 unspecified atom stereocenters. The van der Waals surface area contributed by atoms with E-state index in [1.54, 1.807) is 49.4 Å². The number of rotatable bonds is 4. The Morgan fingerprint density at radius 2 is 2.07 bits per heavy atom. The van der Waals surface area contributed by atoms with Crippen molar-refractivity contribution in [2.75, 3.05) is 6.61 Å². The Bertz CT molecular complexity index is 1100. The van der Waals surface area contributed by atoms with Gasteiger partial charge in [-0.15, -0.1) is 0 Å². The number of benzene rings is 2. The first-order valence-corrected chi connectivity index (χ1v) is 8.97. The summed E-state index contributed by atoms with van der Waals surface area (Å²) in [5, 5.41) is 21.2. The van der Waals surface area contributed by atoms with Gasteiger partial charge in [0.15, 0.2) is 0 Å². The average Bonchev–Trinajstić information content (AvgIpc) is 2.65. The molecule has 2 heterocycles. The van der Waals surface area contributed by atoms with Gasteiger partial charge in [0.05, 0.1) is 6.61 Å². The van der Waals surface area contributed by atoms with Crippen LogP contribution in [0.2, 0.25) is 0 Å². The maximum absolute atomic E-state index is 11.4. The third kappa shape index (κ3) is 3.65. The molecule has 0 saturated carbocycles. The van der Waals surface area contributed by atoms with Crippen LogP contribution < -0.4 is 10.4 Å². The molecule has 0 saturated heterocycles. The number of ether oxygens (including phenoxy) is 2. The van der Waals surface area contributed by atoms with Crippen molar-refractivity contribution in [2.45, 2.75) is 25.2 Å². The summed E-state index contributed by atoms with van der Waals surface area (Å²) in [7, 11) is 0. The van der Waals surface area contributed by atoms with Crippen LogP contribution in [0, 0.1) is 0 Å². The van der Waals surface area contributed by atoms with Crippen LogP contribution in [0.5, 0.6) is 11.5 Å². The molecule has 0 radical (unpaired) electrons. The van der Waals surface area contributed by atoms with Crippen molar-refractivity contribution in [1.82, 2.24) is 0 Å². The predicted molar refractivity (Wildman–Crippen MR) is 104 cm³/mol. The molecule has 144 valence electrons. The molecule has 0 bridgehead atoms. The average molecular weight is 380 g/mol. The molecule has 1 aliphatic rings. The highest BCUT2D eigenvalue weighted by molar-refractivity contribution is 5.79. The standard InChI is InChI=1S/C22H20O6/c1-22(25)20(26-10-4-6-14-5-2-3-7-17(14)23)12-16-11-15-8-9-21(24)27-18(15)13-19(16)28-22/h2-9,11,13,20,23,25H,10,12H2,1H3/b6-4+/t20-,22?/m0/s1. The lowest BCUT2D eigenvalue weighted by atomic mass is 9.96. The van der Waals surface area contributed by atoms with Crippen LogP contribution in [0.1, 0.15) is 18.1 Å². The summed E-state index contributed by atoms with van der Waals surface area (Å²) in [4.78, 5) is 11.4. The van der Waals surface area contributed by atoms with Gasteiger partial charge in [-0.1, -0.05) is 30.4 Å². The molecule has 6 heteroatoms. The maximum Gasteiger partial charge on any atom is 0.336 e. The van der Waals surface area contributed by atoms with E-state index < -0.39 is 17.5 Å². The van der Waals surface area contributed by atoms with Gasteiger partial charge in [0.25, 0.3) is 0 Å². The molecule has 2 atom stereocenters. The van der Waals surface area contributed by atoms with Crippen LogP contribution in [0.15, 0.2) is 63.8 Å². The molecule has 0 aliphatic carbocycles. The lowest BCUT2D eigenvalue weighted by molar-refractivity contribution is -0.213. The maximum atomic E-state index is 11.4. The molecule has 2 aromatic carbocycles. The second-order valence-corrected chi connectivity index (χ2v) is 6.90. The van der Waals surface area contributed by atoms with E-state index in [9.17, 15) is 15.0 Å². The van der Waals surface area contributed by atoms with E-state index in [0.29, 0.717) is 23.3 Å². The van der Waals surface area contributed by atoms with E-state index in [4.69, 9.17) is 13.9 Å². The smallest absolute Gasteiger partial charge is 0.336 e. The van der Waals surface area contributed by atoms with Crippen LogP contribution in [0.3, 0.4) is 0 Å². The first-order chi connectivity index (χ1) is 13.4. The number of aromatic hydroxyl groups is 1. The van der Waals surface area contributed by atoms with Crippen molar-refractivity contribution < 1.29 is 24.1 Å². The molecule has 1 aliphatic heterocycles. The minimum Gasteiger partial charge on any atom is -0.507 e. The number of phenolic OH excluding ortho intramolecular Hbond substituents is 1. The van der Waals surface area contributed by atoms with Crippen LogP contribution in [0.4, 0.5) is 0 Å². The van der Waals surface area contributed by atoms with Crippen LogP contribution >= 0.6 is 0 Å². The summed E-state index contributed by atoms with van der Waals surface area (Å²) in [6.45, 7) is 1.79. The van der Waals surface area contributed by atoms with Crippen molar-refractivity contribution in [3.05, 3.63) is 76.2 Å². The highest BCUT2D eigenvalue weighted by atomic mass is 16.7. The third-order valence-electron chi connectivity index (χ3n) is 4.75. The molecule has 4 rings (SSSR count). The van der Waals surface area contributed by atoms with Crippen molar-refractivity contribution in [3.63, 3.8) is 0 Å². The zero-order chi connectivity index (χ0) is 19.7. The van der Waals surface area contributed by atoms with Crippen LogP contribution in [-0.2, 0) is 11.2 Å². The Balaban J connectivity index is 1.51. The molecular weight excluding hydrogens is 360 g/mol. The van der Waals surface area contributed by atoms with Gasteiger partial charge in [0.2, 0.25) is 5.79 Å². The molecule has 0 spiro atoms. The lowest BCUT2D eigenvalue weighted by Crippen LogP contribution is -2.50. The molecule has 6 nitrogen and oxygen atoms in total. The second kappa shape index (κ2) is 7.14. The van der Waals surface area contributed by atoms with Crippen LogP contribution in [-0.4, -0.2) is 28.7 Å². The fraction of sp³-hybridized carbons (Fsp3) is 0.227. The summed E-state index contributed by atoms with van der Waals surface area (Å²) in [5.74, 6) is -0.867. The van der Waals surface area contributed by atoms with Gasteiger partial charge in [0.1, 0.15) is 23.2 Å². The quantitative estimate of drug-likeness (QED) is 0.676. The highest BCUT2D eigenvalue weighted by Gasteiger charge is 2.40. The minimum atomic E-state index is -1.53. The Labute approximate surface area is 161 Å². The lowest BCUT2D eigenvalue weighted by Gasteiger charge is -2.37. The summed E-state index contributed by atoms with van der Waals surface area (Å²) < 4.78 is 16.7. The van der Waals surface area contributed by atoms with Crippen molar-refractivity contribution in [1.29, 1.82) is 0 Å². The normalized spacial score (nSPS) is 21.6. The van der Waals surface area contributed by atoms with Gasteiger partial charge in [-0.05, 0) is 23.8 Å². The minimum absolute atomic E-state index is 0.194. The largest absolute Gasteiger partial charge is 0.507 e.